The standard InChI is InChI=1S/C23H25N7O2/c1-3-20(31)27-16-6-8-17(12-16)30(2)19-13-26-21(22(24)32)23(29-19)28-15-7-9-18-14(11-15)5-4-10-25-18/h3-5,7,9-11,13,16-17H,1,6,8,12H2,2H3,(H2,24,32)(H,27,31)(H,28,29)/t16?,17-/m1/s1. The maximum absolute atomic E-state index is 11.9. The predicted molar refractivity (Wildman–Crippen MR) is 124 cm³/mol. The van der Waals surface area contributed by atoms with Crippen LogP contribution in [0.2, 0.25) is 0 Å². The molecule has 164 valence electrons. The number of rotatable bonds is 7. The molecular formula is C23H25N7O2. The second-order valence-electron chi connectivity index (χ2n) is 7.81. The van der Waals surface area contributed by atoms with Gasteiger partial charge in [0.25, 0.3) is 5.91 Å². The molecule has 9 nitrogen and oxygen atoms in total. The van der Waals surface area contributed by atoms with E-state index in [1.54, 1.807) is 12.4 Å². The van der Waals surface area contributed by atoms with Gasteiger partial charge in [0, 0.05) is 36.4 Å². The van der Waals surface area contributed by atoms with Gasteiger partial charge in [-0.05, 0) is 49.6 Å². The lowest BCUT2D eigenvalue weighted by atomic mass is 10.2. The summed E-state index contributed by atoms with van der Waals surface area (Å²) in [6.07, 6.45) is 7.13. The zero-order valence-corrected chi connectivity index (χ0v) is 17.8. The molecule has 2 atom stereocenters. The number of benzene rings is 1. The summed E-state index contributed by atoms with van der Waals surface area (Å²) in [5, 5.41) is 7.08. The van der Waals surface area contributed by atoms with Crippen LogP contribution in [0.25, 0.3) is 10.9 Å². The molecule has 1 saturated carbocycles. The van der Waals surface area contributed by atoms with E-state index in [1.807, 2.05) is 42.3 Å². The first kappa shape index (κ1) is 21.2. The topological polar surface area (TPSA) is 126 Å². The molecule has 2 heterocycles. The van der Waals surface area contributed by atoms with Crippen molar-refractivity contribution in [3.8, 4) is 0 Å². The third-order valence-corrected chi connectivity index (χ3v) is 5.70. The molecule has 0 radical (unpaired) electrons. The molecule has 1 fully saturated rings. The van der Waals surface area contributed by atoms with Gasteiger partial charge in [0.15, 0.2) is 11.5 Å². The molecule has 2 amide bonds. The van der Waals surface area contributed by atoms with Gasteiger partial charge in [-0.25, -0.2) is 9.97 Å². The lowest BCUT2D eigenvalue weighted by molar-refractivity contribution is -0.117. The summed E-state index contributed by atoms with van der Waals surface area (Å²) >= 11 is 0. The van der Waals surface area contributed by atoms with Crippen molar-refractivity contribution in [2.45, 2.75) is 31.3 Å². The Labute approximate surface area is 185 Å². The van der Waals surface area contributed by atoms with Gasteiger partial charge in [-0.15, -0.1) is 0 Å². The average molecular weight is 432 g/mol. The maximum Gasteiger partial charge on any atom is 0.271 e. The van der Waals surface area contributed by atoms with Crippen molar-refractivity contribution in [2.24, 2.45) is 5.73 Å². The highest BCUT2D eigenvalue weighted by Gasteiger charge is 2.29. The molecule has 1 aliphatic carbocycles. The van der Waals surface area contributed by atoms with Crippen LogP contribution in [0.3, 0.4) is 0 Å². The number of hydrogen-bond acceptors (Lipinski definition) is 7. The van der Waals surface area contributed by atoms with E-state index >= 15 is 0 Å². The van der Waals surface area contributed by atoms with E-state index in [4.69, 9.17) is 5.73 Å². The number of fused-ring (bicyclic) bond motifs is 1. The number of pyridine rings is 1. The van der Waals surface area contributed by atoms with Gasteiger partial charge in [0.1, 0.15) is 5.82 Å². The van der Waals surface area contributed by atoms with E-state index in [0.717, 1.165) is 35.9 Å². The first-order chi connectivity index (χ1) is 15.4. The van der Waals surface area contributed by atoms with Crippen molar-refractivity contribution in [1.29, 1.82) is 0 Å². The molecule has 32 heavy (non-hydrogen) atoms. The monoisotopic (exact) mass is 431 g/mol. The Kier molecular flexibility index (Phi) is 5.98. The van der Waals surface area contributed by atoms with Crippen molar-refractivity contribution < 1.29 is 9.59 Å². The van der Waals surface area contributed by atoms with Gasteiger partial charge in [0.2, 0.25) is 5.91 Å². The number of amides is 2. The molecule has 1 unspecified atom stereocenters. The smallest absolute Gasteiger partial charge is 0.271 e. The van der Waals surface area contributed by atoms with Crippen LogP contribution in [0.15, 0.2) is 55.4 Å². The zero-order chi connectivity index (χ0) is 22.7. The molecule has 1 aromatic carbocycles. The predicted octanol–water partition coefficient (Wildman–Crippen LogP) is 2.53. The van der Waals surface area contributed by atoms with Crippen molar-refractivity contribution in [2.75, 3.05) is 17.3 Å². The Morgan fingerprint density at radius 3 is 2.88 bits per heavy atom. The van der Waals surface area contributed by atoms with Crippen LogP contribution in [0.5, 0.6) is 0 Å². The van der Waals surface area contributed by atoms with Crippen LogP contribution in [0, 0.1) is 0 Å². The van der Waals surface area contributed by atoms with Gasteiger partial charge < -0.3 is 21.3 Å². The molecule has 0 bridgehead atoms. The number of nitrogens with zero attached hydrogens (tertiary/aromatic N) is 4. The molecule has 0 saturated heterocycles. The summed E-state index contributed by atoms with van der Waals surface area (Å²) in [6, 6.07) is 9.77. The molecule has 4 N–H and O–H groups in total. The number of primary amides is 1. The summed E-state index contributed by atoms with van der Waals surface area (Å²) in [4.78, 5) is 38.8. The van der Waals surface area contributed by atoms with Gasteiger partial charge >= 0.3 is 0 Å². The summed E-state index contributed by atoms with van der Waals surface area (Å²) < 4.78 is 0. The van der Waals surface area contributed by atoms with E-state index in [0.29, 0.717) is 11.6 Å². The zero-order valence-electron chi connectivity index (χ0n) is 17.8. The van der Waals surface area contributed by atoms with E-state index in [9.17, 15) is 9.59 Å². The van der Waals surface area contributed by atoms with Crippen molar-refractivity contribution in [3.63, 3.8) is 0 Å². The van der Waals surface area contributed by atoms with Gasteiger partial charge in [0.05, 0.1) is 11.7 Å². The van der Waals surface area contributed by atoms with Crippen LogP contribution in [0.4, 0.5) is 17.3 Å². The first-order valence-electron chi connectivity index (χ1n) is 10.4. The van der Waals surface area contributed by atoms with Crippen LogP contribution in [0.1, 0.15) is 29.8 Å². The maximum atomic E-state index is 11.9. The lowest BCUT2D eigenvalue weighted by Gasteiger charge is -2.26. The number of anilines is 3. The Morgan fingerprint density at radius 2 is 2.09 bits per heavy atom. The summed E-state index contributed by atoms with van der Waals surface area (Å²) in [5.74, 6) is 0.0750. The minimum absolute atomic E-state index is 0.0657. The quantitative estimate of drug-likeness (QED) is 0.491. The Bertz CT molecular complexity index is 1180. The fourth-order valence-corrected chi connectivity index (χ4v) is 4.00. The number of carbonyl (C=O) groups is 2. The number of carbonyl (C=O) groups excluding carboxylic acids is 2. The molecular weight excluding hydrogens is 406 g/mol. The summed E-state index contributed by atoms with van der Waals surface area (Å²) in [5.41, 5.74) is 7.21. The average Bonchev–Trinajstić information content (AvgIpc) is 3.26. The highest BCUT2D eigenvalue weighted by atomic mass is 16.2. The van der Waals surface area contributed by atoms with Crippen LogP contribution in [-0.4, -0.2) is 45.9 Å². The SMILES string of the molecule is C=CC(=O)NC1CC[C@@H](N(C)c2cnc(C(N)=O)c(Nc3ccc4ncccc4c3)n2)C1. The molecule has 3 aromatic rings. The Hall–Kier alpha value is -4.01. The van der Waals surface area contributed by atoms with E-state index in [-0.39, 0.29) is 23.7 Å². The minimum Gasteiger partial charge on any atom is -0.364 e. The molecule has 2 aromatic heterocycles. The lowest BCUT2D eigenvalue weighted by Crippen LogP contribution is -2.35. The van der Waals surface area contributed by atoms with E-state index in [1.165, 1.54) is 6.08 Å². The fraction of sp³-hybridized carbons (Fsp3) is 0.261. The van der Waals surface area contributed by atoms with Gasteiger partial charge in [-0.1, -0.05) is 12.6 Å². The molecule has 0 aliphatic heterocycles. The molecule has 4 rings (SSSR count). The summed E-state index contributed by atoms with van der Waals surface area (Å²) in [7, 11) is 1.93. The number of nitrogens with one attached hydrogen (secondary N) is 2. The van der Waals surface area contributed by atoms with Crippen molar-refractivity contribution >= 4 is 40.0 Å². The third kappa shape index (κ3) is 4.51. The third-order valence-electron chi connectivity index (χ3n) is 5.70. The molecule has 9 heteroatoms. The number of nitrogens with two attached hydrogens (primary N) is 1. The van der Waals surface area contributed by atoms with Gasteiger partial charge in [-0.2, -0.15) is 0 Å². The van der Waals surface area contributed by atoms with Crippen molar-refractivity contribution in [1.82, 2.24) is 20.3 Å². The van der Waals surface area contributed by atoms with Crippen LogP contribution >= 0.6 is 0 Å². The van der Waals surface area contributed by atoms with Crippen molar-refractivity contribution in [3.05, 3.63) is 61.1 Å². The van der Waals surface area contributed by atoms with E-state index in [2.05, 4.69) is 32.2 Å². The molecule has 0 spiro atoms. The highest BCUT2D eigenvalue weighted by molar-refractivity contribution is 5.96. The Morgan fingerprint density at radius 1 is 1.25 bits per heavy atom. The molecule has 1 aliphatic rings. The van der Waals surface area contributed by atoms with Crippen LogP contribution < -0.4 is 21.3 Å². The highest BCUT2D eigenvalue weighted by Crippen LogP contribution is 2.28. The van der Waals surface area contributed by atoms with Crippen LogP contribution in [-0.2, 0) is 4.79 Å². The Balaban J connectivity index is 1.56. The number of hydrogen-bond donors (Lipinski definition) is 3. The normalized spacial score (nSPS) is 17.7. The first-order valence-corrected chi connectivity index (χ1v) is 10.4. The number of aromatic nitrogens is 3. The largest absolute Gasteiger partial charge is 0.364 e. The minimum atomic E-state index is -0.662. The summed E-state index contributed by atoms with van der Waals surface area (Å²) in [6.45, 7) is 3.50. The fourth-order valence-electron chi connectivity index (χ4n) is 4.00. The second-order valence-corrected chi connectivity index (χ2v) is 7.81. The second kappa shape index (κ2) is 9.01. The van der Waals surface area contributed by atoms with E-state index < -0.39 is 5.91 Å². The van der Waals surface area contributed by atoms with Gasteiger partial charge in [-0.3, -0.25) is 14.6 Å².